The van der Waals surface area contributed by atoms with Gasteiger partial charge >= 0.3 is 11.9 Å². The molecule has 1 unspecified atom stereocenters. The van der Waals surface area contributed by atoms with Crippen molar-refractivity contribution >= 4 is 11.9 Å². The SMILES string of the molecule is CCOC(=O)C1=C(O)CC2=C(C(=O)OC2)C1c1ccccc1. The Morgan fingerprint density at radius 3 is 2.77 bits per heavy atom. The average molecular weight is 300 g/mol. The Balaban J connectivity index is 2.13. The van der Waals surface area contributed by atoms with Crippen LogP contribution in [-0.2, 0) is 19.1 Å². The summed E-state index contributed by atoms with van der Waals surface area (Å²) < 4.78 is 10.1. The Hall–Kier alpha value is -2.56. The van der Waals surface area contributed by atoms with Gasteiger partial charge in [-0.3, -0.25) is 0 Å². The van der Waals surface area contributed by atoms with Crippen molar-refractivity contribution in [2.24, 2.45) is 0 Å². The minimum absolute atomic E-state index is 0.0515. The van der Waals surface area contributed by atoms with Crippen LogP contribution in [0.3, 0.4) is 0 Å². The summed E-state index contributed by atoms with van der Waals surface area (Å²) in [5.41, 5.74) is 2.06. The van der Waals surface area contributed by atoms with E-state index in [2.05, 4.69) is 0 Å². The number of hydrogen-bond donors (Lipinski definition) is 1. The number of cyclic esters (lactones) is 1. The van der Waals surface area contributed by atoms with E-state index in [-0.39, 0.29) is 31.0 Å². The lowest BCUT2D eigenvalue weighted by atomic mass is 9.77. The Labute approximate surface area is 127 Å². The van der Waals surface area contributed by atoms with Gasteiger partial charge < -0.3 is 14.6 Å². The highest BCUT2D eigenvalue weighted by molar-refractivity contribution is 6.01. The molecule has 5 nitrogen and oxygen atoms in total. The van der Waals surface area contributed by atoms with Gasteiger partial charge in [0.05, 0.1) is 23.7 Å². The summed E-state index contributed by atoms with van der Waals surface area (Å²) in [5, 5.41) is 10.3. The molecule has 5 heteroatoms. The first-order valence-corrected chi connectivity index (χ1v) is 7.16. The maximum absolute atomic E-state index is 12.3. The number of allylic oxidation sites excluding steroid dienone is 1. The van der Waals surface area contributed by atoms with Gasteiger partial charge in [-0.15, -0.1) is 0 Å². The van der Waals surface area contributed by atoms with Crippen molar-refractivity contribution in [2.75, 3.05) is 13.2 Å². The van der Waals surface area contributed by atoms with Crippen molar-refractivity contribution in [3.8, 4) is 0 Å². The van der Waals surface area contributed by atoms with E-state index in [0.717, 1.165) is 11.1 Å². The lowest BCUT2D eigenvalue weighted by Gasteiger charge is -2.25. The van der Waals surface area contributed by atoms with Gasteiger partial charge in [0.1, 0.15) is 12.4 Å². The molecule has 1 aromatic rings. The summed E-state index contributed by atoms with van der Waals surface area (Å²) in [7, 11) is 0. The number of benzene rings is 1. The molecular formula is C17H16O5. The van der Waals surface area contributed by atoms with E-state index in [1.807, 2.05) is 30.3 Å². The summed E-state index contributed by atoms with van der Waals surface area (Å²) >= 11 is 0. The van der Waals surface area contributed by atoms with Gasteiger partial charge in [0.25, 0.3) is 0 Å². The van der Waals surface area contributed by atoms with Crippen LogP contribution in [0, 0.1) is 0 Å². The molecule has 0 aromatic heterocycles. The molecule has 0 radical (unpaired) electrons. The number of esters is 2. The second-order valence-electron chi connectivity index (χ2n) is 5.19. The fraction of sp³-hybridized carbons (Fsp3) is 0.294. The van der Waals surface area contributed by atoms with Gasteiger partial charge in [-0.05, 0) is 18.1 Å². The van der Waals surface area contributed by atoms with E-state index in [4.69, 9.17) is 9.47 Å². The first-order chi connectivity index (χ1) is 10.6. The largest absolute Gasteiger partial charge is 0.511 e. The van der Waals surface area contributed by atoms with Crippen LogP contribution in [0.2, 0.25) is 0 Å². The van der Waals surface area contributed by atoms with Crippen LogP contribution in [0.1, 0.15) is 24.8 Å². The monoisotopic (exact) mass is 300 g/mol. The number of hydrogen-bond acceptors (Lipinski definition) is 5. The molecule has 3 rings (SSSR count). The lowest BCUT2D eigenvalue weighted by Crippen LogP contribution is -2.24. The molecule has 1 N–H and O–H groups in total. The molecule has 0 saturated heterocycles. The number of rotatable bonds is 3. The van der Waals surface area contributed by atoms with Crippen LogP contribution in [-0.4, -0.2) is 30.3 Å². The third-order valence-corrected chi connectivity index (χ3v) is 3.88. The van der Waals surface area contributed by atoms with Gasteiger partial charge in [-0.1, -0.05) is 30.3 Å². The van der Waals surface area contributed by atoms with Crippen molar-refractivity contribution < 1.29 is 24.2 Å². The Morgan fingerprint density at radius 2 is 2.09 bits per heavy atom. The zero-order valence-corrected chi connectivity index (χ0v) is 12.2. The third-order valence-electron chi connectivity index (χ3n) is 3.88. The zero-order chi connectivity index (χ0) is 15.7. The van der Waals surface area contributed by atoms with E-state index in [1.54, 1.807) is 6.92 Å². The molecule has 1 heterocycles. The highest BCUT2D eigenvalue weighted by Gasteiger charge is 2.42. The van der Waals surface area contributed by atoms with Crippen LogP contribution in [0.25, 0.3) is 0 Å². The zero-order valence-electron chi connectivity index (χ0n) is 12.2. The molecule has 0 bridgehead atoms. The predicted molar refractivity (Wildman–Crippen MR) is 78.1 cm³/mol. The van der Waals surface area contributed by atoms with Gasteiger partial charge in [0.15, 0.2) is 0 Å². The van der Waals surface area contributed by atoms with E-state index in [1.165, 1.54) is 0 Å². The van der Waals surface area contributed by atoms with Gasteiger partial charge in [0, 0.05) is 6.42 Å². The number of carbonyl (C=O) groups excluding carboxylic acids is 2. The second-order valence-corrected chi connectivity index (χ2v) is 5.19. The minimum Gasteiger partial charge on any atom is -0.511 e. The highest BCUT2D eigenvalue weighted by atomic mass is 16.5. The standard InChI is InChI=1S/C17H16O5/c1-2-21-17(20)15-12(18)8-11-9-22-16(19)14(11)13(15)10-6-4-3-5-7-10/h3-7,13,18H,2,8-9H2,1H3. The quantitative estimate of drug-likeness (QED) is 0.868. The maximum Gasteiger partial charge on any atom is 0.338 e. The van der Waals surface area contributed by atoms with Crippen LogP contribution in [0.15, 0.2) is 52.8 Å². The van der Waals surface area contributed by atoms with Crippen molar-refractivity contribution in [3.63, 3.8) is 0 Å². The molecule has 0 fully saturated rings. The molecular weight excluding hydrogens is 284 g/mol. The Bertz CT molecular complexity index is 684. The first-order valence-electron chi connectivity index (χ1n) is 7.16. The summed E-state index contributed by atoms with van der Waals surface area (Å²) in [6, 6.07) is 9.13. The third kappa shape index (κ3) is 2.28. The van der Waals surface area contributed by atoms with Crippen molar-refractivity contribution in [3.05, 3.63) is 58.4 Å². The maximum atomic E-state index is 12.3. The summed E-state index contributed by atoms with van der Waals surface area (Å²) in [4.78, 5) is 24.4. The lowest BCUT2D eigenvalue weighted by molar-refractivity contribution is -0.139. The molecule has 1 aliphatic heterocycles. The Kier molecular flexibility index (Phi) is 3.71. The van der Waals surface area contributed by atoms with Gasteiger partial charge in [-0.25, -0.2) is 9.59 Å². The number of aliphatic hydroxyl groups is 1. The van der Waals surface area contributed by atoms with Crippen molar-refractivity contribution in [1.82, 2.24) is 0 Å². The van der Waals surface area contributed by atoms with Gasteiger partial charge in [-0.2, -0.15) is 0 Å². The molecule has 1 atom stereocenters. The molecule has 0 spiro atoms. The highest BCUT2D eigenvalue weighted by Crippen LogP contribution is 2.44. The van der Waals surface area contributed by atoms with Crippen LogP contribution in [0.5, 0.6) is 0 Å². The predicted octanol–water partition coefficient (Wildman–Crippen LogP) is 2.40. The average Bonchev–Trinajstić information content (AvgIpc) is 2.88. The topological polar surface area (TPSA) is 72.8 Å². The minimum atomic E-state index is -0.640. The molecule has 0 saturated carbocycles. The summed E-state index contributed by atoms with van der Waals surface area (Å²) in [6.07, 6.45) is 0.151. The van der Waals surface area contributed by atoms with Crippen LogP contribution < -0.4 is 0 Å². The number of ether oxygens (including phenoxy) is 2. The normalized spacial score (nSPS) is 20.8. The van der Waals surface area contributed by atoms with Crippen molar-refractivity contribution in [1.29, 1.82) is 0 Å². The smallest absolute Gasteiger partial charge is 0.338 e. The number of aliphatic hydroxyl groups excluding tert-OH is 1. The van der Waals surface area contributed by atoms with E-state index in [9.17, 15) is 14.7 Å². The molecule has 1 aromatic carbocycles. The fourth-order valence-corrected chi connectivity index (χ4v) is 2.95. The molecule has 1 aliphatic carbocycles. The van der Waals surface area contributed by atoms with Gasteiger partial charge in [0.2, 0.25) is 0 Å². The molecule has 0 amide bonds. The van der Waals surface area contributed by atoms with Crippen LogP contribution >= 0.6 is 0 Å². The van der Waals surface area contributed by atoms with Crippen LogP contribution in [0.4, 0.5) is 0 Å². The molecule has 114 valence electrons. The summed E-state index contributed by atoms with van der Waals surface area (Å²) in [5.74, 6) is -1.72. The Morgan fingerprint density at radius 1 is 1.36 bits per heavy atom. The van der Waals surface area contributed by atoms with E-state index in [0.29, 0.717) is 5.57 Å². The van der Waals surface area contributed by atoms with E-state index < -0.39 is 17.9 Å². The summed E-state index contributed by atoms with van der Waals surface area (Å²) in [6.45, 7) is 2.07. The number of carbonyl (C=O) groups is 2. The molecule has 2 aliphatic rings. The fourth-order valence-electron chi connectivity index (χ4n) is 2.95. The van der Waals surface area contributed by atoms with E-state index >= 15 is 0 Å². The van der Waals surface area contributed by atoms with Crippen molar-refractivity contribution in [2.45, 2.75) is 19.3 Å². The second kappa shape index (κ2) is 5.67. The molecule has 22 heavy (non-hydrogen) atoms. The first kappa shape index (κ1) is 14.4.